The summed E-state index contributed by atoms with van der Waals surface area (Å²) in [4.78, 5) is 12.4. The van der Waals surface area contributed by atoms with Gasteiger partial charge in [-0.3, -0.25) is 14.8 Å². The van der Waals surface area contributed by atoms with Crippen LogP contribution in [0.5, 0.6) is 0 Å². The molecular formula is C5H6N6O2. The molecule has 1 heterocycles. The molecule has 0 fully saturated rings. The molecule has 0 aliphatic heterocycles. The molecule has 0 spiro atoms. The summed E-state index contributed by atoms with van der Waals surface area (Å²) in [6, 6.07) is 0. The molecule has 0 saturated carbocycles. The maximum atomic E-state index is 10.4. The fraction of sp³-hybridized carbons (Fsp3) is 0.400. The molecule has 0 N–H and O–H groups in total. The van der Waals surface area contributed by atoms with E-state index in [1.54, 1.807) is 7.05 Å². The van der Waals surface area contributed by atoms with Crippen LogP contribution in [-0.4, -0.2) is 14.7 Å². The van der Waals surface area contributed by atoms with Gasteiger partial charge in [-0.25, -0.2) is 0 Å². The summed E-state index contributed by atoms with van der Waals surface area (Å²) in [5, 5.41) is 17.3. The van der Waals surface area contributed by atoms with Gasteiger partial charge in [0.25, 0.3) is 0 Å². The molecule has 0 radical (unpaired) electrons. The molecule has 8 nitrogen and oxygen atoms in total. The van der Waals surface area contributed by atoms with Crippen molar-refractivity contribution in [3.8, 4) is 0 Å². The van der Waals surface area contributed by atoms with Gasteiger partial charge in [0.2, 0.25) is 0 Å². The molecule has 0 aromatic carbocycles. The van der Waals surface area contributed by atoms with Crippen molar-refractivity contribution in [2.45, 2.75) is 6.54 Å². The first kappa shape index (κ1) is 9.01. The molecule has 0 aliphatic rings. The molecule has 0 atom stereocenters. The van der Waals surface area contributed by atoms with Gasteiger partial charge in [-0.1, -0.05) is 5.11 Å². The summed E-state index contributed by atoms with van der Waals surface area (Å²) in [7, 11) is 1.55. The topological polar surface area (TPSA) is 110 Å². The van der Waals surface area contributed by atoms with Gasteiger partial charge < -0.3 is 0 Å². The number of hydrogen-bond acceptors (Lipinski definition) is 4. The van der Waals surface area contributed by atoms with Gasteiger partial charge in [0, 0.05) is 12.0 Å². The van der Waals surface area contributed by atoms with E-state index in [1.165, 1.54) is 4.68 Å². The molecule has 0 aliphatic carbocycles. The summed E-state index contributed by atoms with van der Waals surface area (Å²) < 4.78 is 1.31. The zero-order chi connectivity index (χ0) is 9.84. The van der Waals surface area contributed by atoms with E-state index in [4.69, 9.17) is 5.53 Å². The highest BCUT2D eigenvalue weighted by Crippen LogP contribution is 2.17. The molecule has 8 heteroatoms. The zero-order valence-corrected chi connectivity index (χ0v) is 6.78. The fourth-order valence-electron chi connectivity index (χ4n) is 0.886. The van der Waals surface area contributed by atoms with Gasteiger partial charge in [-0.2, -0.15) is 5.10 Å². The van der Waals surface area contributed by atoms with Gasteiger partial charge in [-0.15, -0.1) is 0 Å². The first-order chi connectivity index (χ1) is 6.16. The van der Waals surface area contributed by atoms with E-state index in [0.29, 0.717) is 5.69 Å². The predicted molar refractivity (Wildman–Crippen MR) is 42.7 cm³/mol. The number of azide groups is 1. The molecule has 0 saturated heterocycles. The number of rotatable bonds is 3. The van der Waals surface area contributed by atoms with Crippen LogP contribution in [0, 0.1) is 10.1 Å². The van der Waals surface area contributed by atoms with Crippen molar-refractivity contribution >= 4 is 5.69 Å². The number of hydrogen-bond donors (Lipinski definition) is 0. The van der Waals surface area contributed by atoms with Crippen LogP contribution in [0.2, 0.25) is 0 Å². The highest BCUT2D eigenvalue weighted by Gasteiger charge is 2.17. The normalized spacial score (nSPS) is 9.31. The smallest absolute Gasteiger partial charge is 0.265 e. The summed E-state index contributed by atoms with van der Waals surface area (Å²) in [6.45, 7) is -0.0662. The lowest BCUT2D eigenvalue weighted by Gasteiger charge is -1.94. The van der Waals surface area contributed by atoms with Crippen LogP contribution in [0.4, 0.5) is 5.69 Å². The zero-order valence-electron chi connectivity index (χ0n) is 6.78. The van der Waals surface area contributed by atoms with Crippen LogP contribution in [-0.2, 0) is 13.6 Å². The van der Waals surface area contributed by atoms with Crippen molar-refractivity contribution < 1.29 is 4.92 Å². The lowest BCUT2D eigenvalue weighted by molar-refractivity contribution is -0.385. The molecule has 0 unspecified atom stereocenters. The molecule has 68 valence electrons. The molecule has 1 rings (SSSR count). The van der Waals surface area contributed by atoms with Crippen molar-refractivity contribution in [1.82, 2.24) is 9.78 Å². The van der Waals surface area contributed by atoms with Crippen LogP contribution in [0.1, 0.15) is 5.69 Å². The van der Waals surface area contributed by atoms with Gasteiger partial charge in [-0.05, 0) is 5.53 Å². The maximum Gasteiger partial charge on any atom is 0.310 e. The quantitative estimate of drug-likeness (QED) is 0.229. The number of aromatic nitrogens is 2. The Balaban J connectivity index is 3.08. The largest absolute Gasteiger partial charge is 0.310 e. The fourth-order valence-corrected chi connectivity index (χ4v) is 0.886. The second-order valence-corrected chi connectivity index (χ2v) is 2.25. The predicted octanol–water partition coefficient (Wildman–Crippen LogP) is 1.14. The minimum absolute atomic E-state index is 0.0662. The third-order valence-electron chi connectivity index (χ3n) is 1.52. The molecule has 0 amide bonds. The summed E-state index contributed by atoms with van der Waals surface area (Å²) >= 11 is 0. The Hall–Kier alpha value is -2.08. The molecule has 1 aromatic heterocycles. The van der Waals surface area contributed by atoms with Crippen LogP contribution in [0.25, 0.3) is 10.4 Å². The van der Waals surface area contributed by atoms with Crippen molar-refractivity contribution in [2.75, 3.05) is 0 Å². The highest BCUT2D eigenvalue weighted by atomic mass is 16.6. The Bertz CT molecular complexity index is 376. The average molecular weight is 182 g/mol. The van der Waals surface area contributed by atoms with E-state index in [9.17, 15) is 10.1 Å². The van der Waals surface area contributed by atoms with Gasteiger partial charge in [0.05, 0.1) is 11.5 Å². The average Bonchev–Trinajstić information content (AvgIpc) is 2.43. The summed E-state index contributed by atoms with van der Waals surface area (Å²) in [5.74, 6) is 0. The van der Waals surface area contributed by atoms with E-state index in [0.717, 1.165) is 6.20 Å². The third kappa shape index (κ3) is 1.74. The van der Waals surface area contributed by atoms with Crippen molar-refractivity contribution in [2.24, 2.45) is 12.2 Å². The lowest BCUT2D eigenvalue weighted by atomic mass is 10.4. The van der Waals surface area contributed by atoms with E-state index in [-0.39, 0.29) is 12.2 Å². The van der Waals surface area contributed by atoms with E-state index in [2.05, 4.69) is 15.1 Å². The SMILES string of the molecule is Cn1ncc([N+](=O)[O-])c1CN=[N+]=[N-]. The molecule has 0 bridgehead atoms. The van der Waals surface area contributed by atoms with Gasteiger partial charge >= 0.3 is 5.69 Å². The van der Waals surface area contributed by atoms with Crippen molar-refractivity contribution in [1.29, 1.82) is 0 Å². The molecule has 1 aromatic rings. The third-order valence-corrected chi connectivity index (χ3v) is 1.52. The van der Waals surface area contributed by atoms with Crippen LogP contribution < -0.4 is 0 Å². The maximum absolute atomic E-state index is 10.4. The van der Waals surface area contributed by atoms with Gasteiger partial charge in [0.1, 0.15) is 11.9 Å². The van der Waals surface area contributed by atoms with E-state index in [1.807, 2.05) is 0 Å². The summed E-state index contributed by atoms with van der Waals surface area (Å²) in [5.41, 5.74) is 8.21. The monoisotopic (exact) mass is 182 g/mol. The Morgan fingerprint density at radius 2 is 2.62 bits per heavy atom. The van der Waals surface area contributed by atoms with Crippen LogP contribution >= 0.6 is 0 Å². The lowest BCUT2D eigenvalue weighted by Crippen LogP contribution is -1.99. The standard InChI is InChI=1S/C5H6N6O2/c1-10-4(2-7-9-6)5(3-8-10)11(12)13/h3H,2H2,1H3. The van der Waals surface area contributed by atoms with Crippen molar-refractivity contribution in [3.63, 3.8) is 0 Å². The Morgan fingerprint density at radius 3 is 3.15 bits per heavy atom. The number of nitro groups is 1. The Labute approximate surface area is 72.6 Å². The first-order valence-electron chi connectivity index (χ1n) is 3.33. The minimum atomic E-state index is -0.560. The Kier molecular flexibility index (Phi) is 2.46. The minimum Gasteiger partial charge on any atom is -0.265 e. The Morgan fingerprint density at radius 1 is 1.92 bits per heavy atom. The number of nitrogens with zero attached hydrogens (tertiary/aromatic N) is 6. The highest BCUT2D eigenvalue weighted by molar-refractivity contribution is 5.32. The van der Waals surface area contributed by atoms with Crippen LogP contribution in [0.15, 0.2) is 11.3 Å². The second-order valence-electron chi connectivity index (χ2n) is 2.25. The number of aryl methyl sites for hydroxylation is 1. The van der Waals surface area contributed by atoms with E-state index >= 15 is 0 Å². The van der Waals surface area contributed by atoms with Crippen molar-refractivity contribution in [3.05, 3.63) is 32.4 Å². The molecule has 13 heavy (non-hydrogen) atoms. The van der Waals surface area contributed by atoms with Gasteiger partial charge in [0.15, 0.2) is 0 Å². The summed E-state index contributed by atoms with van der Waals surface area (Å²) in [6.07, 6.45) is 1.13. The van der Waals surface area contributed by atoms with E-state index < -0.39 is 4.92 Å². The second kappa shape index (κ2) is 3.55. The van der Waals surface area contributed by atoms with Crippen LogP contribution in [0.3, 0.4) is 0 Å². The first-order valence-corrected chi connectivity index (χ1v) is 3.33. The molecular weight excluding hydrogens is 176 g/mol.